The average molecular weight is 370 g/mol. The summed E-state index contributed by atoms with van der Waals surface area (Å²) in [7, 11) is 0. The molecule has 1 aliphatic heterocycles. The van der Waals surface area contributed by atoms with Crippen molar-refractivity contribution < 1.29 is 13.9 Å². The van der Waals surface area contributed by atoms with Gasteiger partial charge in [-0.3, -0.25) is 9.69 Å². The molecule has 2 aromatic rings. The van der Waals surface area contributed by atoms with Gasteiger partial charge in [-0.1, -0.05) is 42.5 Å². The summed E-state index contributed by atoms with van der Waals surface area (Å²) in [5, 5.41) is 3.05. The number of nitrogens with zero attached hydrogens (tertiary/aromatic N) is 1. The van der Waals surface area contributed by atoms with E-state index in [2.05, 4.69) is 5.32 Å². The summed E-state index contributed by atoms with van der Waals surface area (Å²) < 4.78 is 19.3. The van der Waals surface area contributed by atoms with Crippen molar-refractivity contribution >= 4 is 5.91 Å². The van der Waals surface area contributed by atoms with Gasteiger partial charge in [0, 0.05) is 19.7 Å². The second kappa shape index (κ2) is 9.62. The van der Waals surface area contributed by atoms with Gasteiger partial charge in [0.1, 0.15) is 5.82 Å². The highest BCUT2D eigenvalue weighted by Crippen LogP contribution is 2.16. The predicted octanol–water partition coefficient (Wildman–Crippen LogP) is 3.68. The summed E-state index contributed by atoms with van der Waals surface area (Å²) in [6.45, 7) is 4.20. The minimum atomic E-state index is -0.258. The minimum absolute atomic E-state index is 0.0410. The molecule has 5 heteroatoms. The number of ether oxygens (including phenoxy) is 1. The quantitative estimate of drug-likeness (QED) is 0.771. The molecule has 1 saturated heterocycles. The van der Waals surface area contributed by atoms with Crippen molar-refractivity contribution in [2.24, 2.45) is 0 Å². The molecule has 2 atom stereocenters. The largest absolute Gasteiger partial charge is 0.377 e. The molecule has 0 radical (unpaired) electrons. The lowest BCUT2D eigenvalue weighted by Gasteiger charge is -2.25. The van der Waals surface area contributed by atoms with Crippen LogP contribution in [0.3, 0.4) is 0 Å². The molecular formula is C22H27FN2O2. The van der Waals surface area contributed by atoms with Crippen LogP contribution < -0.4 is 5.32 Å². The molecule has 0 saturated carbocycles. The molecule has 2 unspecified atom stereocenters. The topological polar surface area (TPSA) is 41.6 Å². The summed E-state index contributed by atoms with van der Waals surface area (Å²) in [5.41, 5.74) is 1.93. The maximum Gasteiger partial charge on any atom is 0.234 e. The normalized spacial score (nSPS) is 17.8. The fourth-order valence-electron chi connectivity index (χ4n) is 3.47. The Labute approximate surface area is 160 Å². The van der Waals surface area contributed by atoms with Crippen LogP contribution in [0.2, 0.25) is 0 Å². The highest BCUT2D eigenvalue weighted by molar-refractivity contribution is 5.78. The molecule has 0 spiro atoms. The summed E-state index contributed by atoms with van der Waals surface area (Å²) in [6.07, 6.45) is 2.19. The number of nitrogens with one attached hydrogen (secondary N) is 1. The van der Waals surface area contributed by atoms with E-state index in [9.17, 15) is 9.18 Å². The number of hydrogen-bond acceptors (Lipinski definition) is 3. The van der Waals surface area contributed by atoms with Gasteiger partial charge in [0.15, 0.2) is 0 Å². The Kier molecular flexibility index (Phi) is 6.96. The van der Waals surface area contributed by atoms with E-state index >= 15 is 0 Å². The Morgan fingerprint density at radius 3 is 2.78 bits per heavy atom. The zero-order chi connectivity index (χ0) is 19.1. The van der Waals surface area contributed by atoms with Crippen LogP contribution in [0, 0.1) is 5.82 Å². The molecule has 3 rings (SSSR count). The molecule has 4 nitrogen and oxygen atoms in total. The Hall–Kier alpha value is -2.24. The van der Waals surface area contributed by atoms with Gasteiger partial charge in [0.05, 0.1) is 18.7 Å². The van der Waals surface area contributed by atoms with Crippen molar-refractivity contribution in [1.29, 1.82) is 0 Å². The van der Waals surface area contributed by atoms with Crippen LogP contribution in [0.5, 0.6) is 0 Å². The Morgan fingerprint density at radius 2 is 2.07 bits per heavy atom. The number of carbonyl (C=O) groups is 1. The maximum atomic E-state index is 13.5. The van der Waals surface area contributed by atoms with Gasteiger partial charge in [-0.05, 0) is 43.0 Å². The first kappa shape index (κ1) is 19.5. The molecule has 1 aliphatic rings. The maximum absolute atomic E-state index is 13.5. The van der Waals surface area contributed by atoms with Crippen LogP contribution >= 0.6 is 0 Å². The fourth-order valence-corrected chi connectivity index (χ4v) is 3.47. The third kappa shape index (κ3) is 6.15. The third-order valence-corrected chi connectivity index (χ3v) is 4.83. The van der Waals surface area contributed by atoms with Crippen molar-refractivity contribution in [3.05, 3.63) is 71.5 Å². The van der Waals surface area contributed by atoms with E-state index in [0.717, 1.165) is 30.6 Å². The number of hydrogen-bond donors (Lipinski definition) is 1. The molecule has 1 heterocycles. The first-order chi connectivity index (χ1) is 13.1. The number of carbonyl (C=O) groups excluding carboxylic acids is 1. The molecule has 0 aliphatic carbocycles. The molecule has 1 fully saturated rings. The number of rotatable bonds is 8. The second-order valence-corrected chi connectivity index (χ2v) is 7.13. The standard InChI is InChI=1S/C22H27FN2O2/c1-17(19-8-3-2-4-9-19)24-22(26)16-25(15-21-11-6-12-27-21)14-18-7-5-10-20(23)13-18/h2-5,7-10,13,17,21H,6,11-12,14-16H2,1H3,(H,24,26). The summed E-state index contributed by atoms with van der Waals surface area (Å²) in [4.78, 5) is 14.6. The fraction of sp³-hybridized carbons (Fsp3) is 0.409. The van der Waals surface area contributed by atoms with E-state index < -0.39 is 0 Å². The highest BCUT2D eigenvalue weighted by atomic mass is 19.1. The summed E-state index contributed by atoms with van der Waals surface area (Å²) >= 11 is 0. The van der Waals surface area contributed by atoms with Crippen LogP contribution in [-0.4, -0.2) is 36.6 Å². The van der Waals surface area contributed by atoms with Crippen LogP contribution in [0.25, 0.3) is 0 Å². The minimum Gasteiger partial charge on any atom is -0.377 e. The SMILES string of the molecule is CC(NC(=O)CN(Cc1cccc(F)c1)CC1CCCO1)c1ccccc1. The van der Waals surface area contributed by atoms with Crippen LogP contribution in [0.1, 0.15) is 36.9 Å². The van der Waals surface area contributed by atoms with Gasteiger partial charge in [0.2, 0.25) is 5.91 Å². The Balaban J connectivity index is 1.61. The van der Waals surface area contributed by atoms with Gasteiger partial charge in [-0.15, -0.1) is 0 Å². The van der Waals surface area contributed by atoms with E-state index in [-0.39, 0.29) is 30.4 Å². The molecule has 144 valence electrons. The number of benzene rings is 2. The molecule has 1 amide bonds. The predicted molar refractivity (Wildman–Crippen MR) is 104 cm³/mol. The zero-order valence-corrected chi connectivity index (χ0v) is 15.7. The number of amides is 1. The van der Waals surface area contributed by atoms with Crippen LogP contribution in [0.4, 0.5) is 4.39 Å². The molecular weight excluding hydrogens is 343 g/mol. The summed E-state index contributed by atoms with van der Waals surface area (Å²) in [6, 6.07) is 16.4. The third-order valence-electron chi connectivity index (χ3n) is 4.83. The molecule has 2 aromatic carbocycles. The van der Waals surface area contributed by atoms with E-state index in [4.69, 9.17) is 4.74 Å². The van der Waals surface area contributed by atoms with Crippen LogP contribution in [-0.2, 0) is 16.1 Å². The lowest BCUT2D eigenvalue weighted by Crippen LogP contribution is -2.41. The Morgan fingerprint density at radius 1 is 1.26 bits per heavy atom. The first-order valence-electron chi connectivity index (χ1n) is 9.53. The monoisotopic (exact) mass is 370 g/mol. The molecule has 27 heavy (non-hydrogen) atoms. The molecule has 0 aromatic heterocycles. The second-order valence-electron chi connectivity index (χ2n) is 7.13. The van der Waals surface area contributed by atoms with Crippen molar-refractivity contribution in [1.82, 2.24) is 10.2 Å². The van der Waals surface area contributed by atoms with Crippen molar-refractivity contribution in [3.63, 3.8) is 0 Å². The summed E-state index contributed by atoms with van der Waals surface area (Å²) in [5.74, 6) is -0.299. The average Bonchev–Trinajstić information content (AvgIpc) is 3.15. The zero-order valence-electron chi connectivity index (χ0n) is 15.7. The van der Waals surface area contributed by atoms with Gasteiger partial charge in [-0.2, -0.15) is 0 Å². The van der Waals surface area contributed by atoms with Crippen molar-refractivity contribution in [2.75, 3.05) is 19.7 Å². The van der Waals surface area contributed by atoms with E-state index in [1.165, 1.54) is 12.1 Å². The molecule has 1 N–H and O–H groups in total. The first-order valence-corrected chi connectivity index (χ1v) is 9.53. The Bertz CT molecular complexity index is 732. The smallest absolute Gasteiger partial charge is 0.234 e. The van der Waals surface area contributed by atoms with E-state index in [1.54, 1.807) is 6.07 Å². The van der Waals surface area contributed by atoms with E-state index in [1.807, 2.05) is 48.2 Å². The van der Waals surface area contributed by atoms with Crippen LogP contribution in [0.15, 0.2) is 54.6 Å². The van der Waals surface area contributed by atoms with Gasteiger partial charge in [-0.25, -0.2) is 4.39 Å². The molecule has 0 bridgehead atoms. The lowest BCUT2D eigenvalue weighted by atomic mass is 10.1. The van der Waals surface area contributed by atoms with Gasteiger partial charge < -0.3 is 10.1 Å². The number of halogens is 1. The van der Waals surface area contributed by atoms with Gasteiger partial charge >= 0.3 is 0 Å². The lowest BCUT2D eigenvalue weighted by molar-refractivity contribution is -0.123. The van der Waals surface area contributed by atoms with Crippen molar-refractivity contribution in [2.45, 2.75) is 38.5 Å². The van der Waals surface area contributed by atoms with E-state index in [0.29, 0.717) is 13.1 Å². The van der Waals surface area contributed by atoms with Gasteiger partial charge in [0.25, 0.3) is 0 Å². The highest BCUT2D eigenvalue weighted by Gasteiger charge is 2.22. The van der Waals surface area contributed by atoms with Crippen molar-refractivity contribution in [3.8, 4) is 0 Å².